The molecular weight excluding hydrogens is 419 g/mol. The molecule has 1 aromatic carbocycles. The van der Waals surface area contributed by atoms with E-state index in [9.17, 15) is 4.79 Å². The molecule has 0 aliphatic heterocycles. The highest BCUT2D eigenvalue weighted by molar-refractivity contribution is 14.1. The van der Waals surface area contributed by atoms with E-state index in [2.05, 4.69) is 56.5 Å². The van der Waals surface area contributed by atoms with Crippen LogP contribution in [-0.2, 0) is 20.6 Å². The van der Waals surface area contributed by atoms with Crippen molar-refractivity contribution in [2.45, 2.75) is 57.7 Å². The first-order valence-corrected chi connectivity index (χ1v) is 11.9. The van der Waals surface area contributed by atoms with Crippen molar-refractivity contribution in [3.8, 4) is 0 Å². The number of rotatable bonds is 5. The van der Waals surface area contributed by atoms with E-state index >= 15 is 0 Å². The number of carbonyl (C=O) groups excluding carboxylic acids is 1. The summed E-state index contributed by atoms with van der Waals surface area (Å²) in [5.41, 5.74) is 1.06. The molecule has 0 spiro atoms. The molecule has 0 unspecified atom stereocenters. The Labute approximate surface area is 153 Å². The van der Waals surface area contributed by atoms with Crippen LogP contribution in [0.3, 0.4) is 0 Å². The van der Waals surface area contributed by atoms with Gasteiger partial charge in [-0.1, -0.05) is 51.1 Å². The van der Waals surface area contributed by atoms with Gasteiger partial charge in [-0.25, -0.2) is 0 Å². The maximum Gasteiger partial charge on any atom is 0.200 e. The molecule has 1 aromatic rings. The van der Waals surface area contributed by atoms with E-state index in [1.165, 1.54) is 0 Å². The van der Waals surface area contributed by atoms with Crippen LogP contribution in [0.15, 0.2) is 40.0 Å². The Hall–Kier alpha value is -0.503. The zero-order valence-electron chi connectivity index (χ0n) is 14.4. The van der Waals surface area contributed by atoms with Crippen molar-refractivity contribution in [1.29, 1.82) is 0 Å². The van der Waals surface area contributed by atoms with Crippen LogP contribution in [-0.4, -0.2) is 26.3 Å². The second-order valence-electron chi connectivity index (χ2n) is 7.44. The maximum atomic E-state index is 12.4. The number of ketones is 1. The molecule has 3 nitrogen and oxygen atoms in total. The third-order valence-electron chi connectivity index (χ3n) is 4.61. The molecule has 0 N–H and O–H groups in total. The minimum atomic E-state index is -1.96. The zero-order chi connectivity index (χ0) is 17.3. The lowest BCUT2D eigenvalue weighted by Gasteiger charge is -2.39. The van der Waals surface area contributed by atoms with Crippen LogP contribution in [0.2, 0.25) is 18.1 Å². The molecule has 0 bridgehead atoms. The second-order valence-corrected chi connectivity index (χ2v) is 13.4. The van der Waals surface area contributed by atoms with Crippen LogP contribution >= 0.6 is 22.6 Å². The summed E-state index contributed by atoms with van der Waals surface area (Å²) in [5, 5.41) is 0.0991. The minimum absolute atomic E-state index is 0.0326. The molecule has 0 aromatic heterocycles. The molecule has 0 saturated heterocycles. The molecule has 1 aliphatic carbocycles. The number of ether oxygens (including phenoxy) is 1. The summed E-state index contributed by atoms with van der Waals surface area (Å²) in [6.45, 7) is 11.4. The lowest BCUT2D eigenvalue weighted by Crippen LogP contribution is -2.47. The van der Waals surface area contributed by atoms with Crippen LogP contribution in [0, 0.1) is 0 Å². The van der Waals surface area contributed by atoms with Gasteiger partial charge in [-0.15, -0.1) is 0 Å². The van der Waals surface area contributed by atoms with Crippen LogP contribution < -0.4 is 0 Å². The van der Waals surface area contributed by atoms with Gasteiger partial charge in [0.25, 0.3) is 0 Å². The summed E-state index contributed by atoms with van der Waals surface area (Å²) in [5.74, 6) is 0.0326. The van der Waals surface area contributed by atoms with E-state index in [4.69, 9.17) is 9.16 Å². The van der Waals surface area contributed by atoms with Gasteiger partial charge in [0.2, 0.25) is 0 Å². The first-order chi connectivity index (χ1) is 10.6. The van der Waals surface area contributed by atoms with Crippen LogP contribution in [0.5, 0.6) is 0 Å². The summed E-state index contributed by atoms with van der Waals surface area (Å²) in [6, 6.07) is 9.92. The first kappa shape index (κ1) is 18.8. The highest BCUT2D eigenvalue weighted by atomic mass is 127. The molecule has 0 fully saturated rings. The van der Waals surface area contributed by atoms with Gasteiger partial charge >= 0.3 is 0 Å². The smallest absolute Gasteiger partial charge is 0.200 e. The van der Waals surface area contributed by atoms with Gasteiger partial charge in [0, 0.05) is 0 Å². The normalized spacial score (nSPS) is 22.3. The Kier molecular flexibility index (Phi) is 5.87. The van der Waals surface area contributed by atoms with Gasteiger partial charge in [-0.05, 0) is 52.4 Å². The molecule has 2 atom stereocenters. The average molecular weight is 444 g/mol. The SMILES string of the molecule is CC(C)(C)[Si](C)(C)O[C@H]1C=C(I)C(=O)[C@@H]1OCc1ccccc1. The third-order valence-corrected chi connectivity index (χ3v) is 9.98. The van der Waals surface area contributed by atoms with Crippen LogP contribution in [0.4, 0.5) is 0 Å². The summed E-state index contributed by atoms with van der Waals surface area (Å²) in [7, 11) is -1.96. The summed E-state index contributed by atoms with van der Waals surface area (Å²) < 4.78 is 13.1. The van der Waals surface area contributed by atoms with Gasteiger partial charge in [0.1, 0.15) is 6.10 Å². The van der Waals surface area contributed by atoms with Crippen LogP contribution in [0.25, 0.3) is 0 Å². The first-order valence-electron chi connectivity index (χ1n) is 7.87. The van der Waals surface area contributed by atoms with E-state index in [0.717, 1.165) is 5.56 Å². The van der Waals surface area contributed by atoms with E-state index in [1.807, 2.05) is 36.4 Å². The van der Waals surface area contributed by atoms with Crippen molar-refractivity contribution in [2.24, 2.45) is 0 Å². The van der Waals surface area contributed by atoms with Gasteiger partial charge in [0.15, 0.2) is 14.1 Å². The minimum Gasteiger partial charge on any atom is -0.407 e. The molecule has 1 aliphatic rings. The monoisotopic (exact) mass is 444 g/mol. The number of benzene rings is 1. The van der Waals surface area contributed by atoms with Gasteiger partial charge in [-0.3, -0.25) is 4.79 Å². The lowest BCUT2D eigenvalue weighted by molar-refractivity contribution is -0.129. The molecule has 0 radical (unpaired) electrons. The largest absolute Gasteiger partial charge is 0.407 e. The molecular formula is C18H25IO3Si. The molecule has 23 heavy (non-hydrogen) atoms. The Balaban J connectivity index is 2.09. The summed E-state index contributed by atoms with van der Waals surface area (Å²) in [4.78, 5) is 12.4. The quantitative estimate of drug-likeness (QED) is 0.481. The lowest BCUT2D eigenvalue weighted by atomic mass is 10.2. The summed E-state index contributed by atoms with van der Waals surface area (Å²) >= 11 is 2.08. The van der Waals surface area contributed by atoms with E-state index in [-0.39, 0.29) is 16.9 Å². The van der Waals surface area contributed by atoms with Crippen molar-refractivity contribution >= 4 is 36.7 Å². The number of hydrogen-bond acceptors (Lipinski definition) is 3. The molecule has 0 amide bonds. The zero-order valence-corrected chi connectivity index (χ0v) is 17.6. The van der Waals surface area contributed by atoms with Gasteiger partial charge in [-0.2, -0.15) is 0 Å². The predicted octanol–water partition coefficient (Wildman–Crippen LogP) is 4.86. The van der Waals surface area contributed by atoms with Crippen LogP contribution in [0.1, 0.15) is 26.3 Å². The standard InChI is InChI=1S/C18H25IO3Si/c1-18(2,3)23(4,5)22-15-11-14(19)16(20)17(15)21-12-13-9-7-6-8-10-13/h6-11,15,17H,12H2,1-5H3/t15-,17+/m0/s1. The van der Waals surface area contributed by atoms with Crippen molar-refractivity contribution < 1.29 is 14.0 Å². The Morgan fingerprint density at radius 2 is 1.78 bits per heavy atom. The van der Waals surface area contributed by atoms with Gasteiger partial charge < -0.3 is 9.16 Å². The highest BCUT2D eigenvalue weighted by Gasteiger charge is 2.44. The van der Waals surface area contributed by atoms with Crippen molar-refractivity contribution in [3.05, 3.63) is 45.6 Å². The predicted molar refractivity (Wildman–Crippen MR) is 104 cm³/mol. The van der Waals surface area contributed by atoms with Crippen molar-refractivity contribution in [1.82, 2.24) is 0 Å². The maximum absolute atomic E-state index is 12.4. The Morgan fingerprint density at radius 1 is 1.17 bits per heavy atom. The molecule has 5 heteroatoms. The number of carbonyl (C=O) groups is 1. The topological polar surface area (TPSA) is 35.5 Å². The molecule has 0 heterocycles. The number of halogens is 1. The van der Waals surface area contributed by atoms with Gasteiger partial charge in [0.05, 0.1) is 16.3 Å². The average Bonchev–Trinajstić information content (AvgIpc) is 2.71. The molecule has 0 saturated carbocycles. The van der Waals surface area contributed by atoms with E-state index in [1.54, 1.807) is 0 Å². The Bertz CT molecular complexity index is 590. The third kappa shape index (κ3) is 4.52. The molecule has 126 valence electrons. The second kappa shape index (κ2) is 7.17. The van der Waals surface area contributed by atoms with Crippen molar-refractivity contribution in [2.75, 3.05) is 0 Å². The number of Topliss-reactive ketones (excluding diaryl/α,β-unsaturated/α-hetero) is 1. The fourth-order valence-corrected chi connectivity index (χ4v) is 4.03. The molecule has 2 rings (SSSR count). The fourth-order valence-electron chi connectivity index (χ4n) is 2.14. The highest BCUT2D eigenvalue weighted by Crippen LogP contribution is 2.39. The van der Waals surface area contributed by atoms with E-state index < -0.39 is 14.4 Å². The van der Waals surface area contributed by atoms with Crippen molar-refractivity contribution in [3.63, 3.8) is 0 Å². The number of hydrogen-bond donors (Lipinski definition) is 0. The fraction of sp³-hybridized carbons (Fsp3) is 0.500. The Morgan fingerprint density at radius 3 is 2.35 bits per heavy atom. The summed E-state index contributed by atoms with van der Waals surface area (Å²) in [6.07, 6.45) is 1.11. The van der Waals surface area contributed by atoms with E-state index in [0.29, 0.717) is 10.2 Å².